The van der Waals surface area contributed by atoms with Gasteiger partial charge in [-0.3, -0.25) is 0 Å². The molecule has 0 aliphatic carbocycles. The van der Waals surface area contributed by atoms with Crippen LogP contribution in [0.5, 0.6) is 0 Å². The smallest absolute Gasteiger partial charge is 0.101 e. The first kappa shape index (κ1) is 13.9. The number of rotatable bonds is 4. The molecule has 1 saturated heterocycles. The number of likely N-dealkylation sites (N-methyl/N-ethyl adjacent to an activating group) is 1. The van der Waals surface area contributed by atoms with Gasteiger partial charge in [-0.05, 0) is 44.6 Å². The van der Waals surface area contributed by atoms with Gasteiger partial charge in [0.25, 0.3) is 0 Å². The van der Waals surface area contributed by atoms with Gasteiger partial charge < -0.3 is 15.5 Å². The standard InChI is InChI=1S/C15H22N4/c1-18(2)11-14-4-3-7-19(14)15-6-5-12(9-16)8-13(15)10-17/h5-6,8,14H,3-4,7,9,11,16H2,1-2H3. The summed E-state index contributed by atoms with van der Waals surface area (Å²) in [5, 5.41) is 9.34. The van der Waals surface area contributed by atoms with Crippen LogP contribution in [-0.4, -0.2) is 38.1 Å². The third-order valence-corrected chi connectivity index (χ3v) is 3.68. The molecule has 2 rings (SSSR count). The van der Waals surface area contributed by atoms with Gasteiger partial charge in [-0.25, -0.2) is 0 Å². The van der Waals surface area contributed by atoms with E-state index in [1.807, 2.05) is 12.1 Å². The van der Waals surface area contributed by atoms with Gasteiger partial charge >= 0.3 is 0 Å². The third kappa shape index (κ3) is 3.06. The minimum atomic E-state index is 0.482. The minimum Gasteiger partial charge on any atom is -0.366 e. The van der Waals surface area contributed by atoms with E-state index in [-0.39, 0.29) is 0 Å². The maximum atomic E-state index is 9.34. The van der Waals surface area contributed by atoms with Crippen molar-refractivity contribution in [3.05, 3.63) is 29.3 Å². The molecule has 0 saturated carbocycles. The maximum absolute atomic E-state index is 9.34. The van der Waals surface area contributed by atoms with E-state index in [1.54, 1.807) is 0 Å². The summed E-state index contributed by atoms with van der Waals surface area (Å²) in [6.07, 6.45) is 2.39. The molecule has 19 heavy (non-hydrogen) atoms. The fraction of sp³-hybridized carbons (Fsp3) is 0.533. The Morgan fingerprint density at radius 2 is 2.26 bits per heavy atom. The Bertz CT molecular complexity index is 476. The van der Waals surface area contributed by atoms with Crippen molar-refractivity contribution in [3.8, 4) is 6.07 Å². The molecule has 1 fully saturated rings. The van der Waals surface area contributed by atoms with Crippen molar-refractivity contribution in [2.24, 2.45) is 5.73 Å². The zero-order valence-electron chi connectivity index (χ0n) is 11.8. The van der Waals surface area contributed by atoms with Crippen LogP contribution in [0, 0.1) is 11.3 Å². The Labute approximate surface area is 115 Å². The fourth-order valence-electron chi connectivity index (χ4n) is 2.81. The second-order valence-corrected chi connectivity index (χ2v) is 5.42. The average molecular weight is 258 g/mol. The first-order chi connectivity index (χ1) is 9.15. The van der Waals surface area contributed by atoms with Gasteiger partial charge in [-0.2, -0.15) is 5.26 Å². The number of nitriles is 1. The van der Waals surface area contributed by atoms with E-state index >= 15 is 0 Å². The van der Waals surface area contributed by atoms with Gasteiger partial charge in [0.1, 0.15) is 6.07 Å². The molecule has 0 radical (unpaired) electrons. The summed E-state index contributed by atoms with van der Waals surface area (Å²) in [7, 11) is 4.19. The quantitative estimate of drug-likeness (QED) is 0.890. The van der Waals surface area contributed by atoms with Crippen LogP contribution in [0.2, 0.25) is 0 Å². The molecule has 4 nitrogen and oxygen atoms in total. The van der Waals surface area contributed by atoms with E-state index in [0.717, 1.165) is 29.9 Å². The van der Waals surface area contributed by atoms with Crippen LogP contribution < -0.4 is 10.6 Å². The van der Waals surface area contributed by atoms with Crippen molar-refractivity contribution in [3.63, 3.8) is 0 Å². The molecule has 1 atom stereocenters. The second kappa shape index (κ2) is 6.05. The zero-order chi connectivity index (χ0) is 13.8. The first-order valence-corrected chi connectivity index (χ1v) is 6.80. The van der Waals surface area contributed by atoms with Crippen LogP contribution in [-0.2, 0) is 6.54 Å². The van der Waals surface area contributed by atoms with Gasteiger partial charge in [0.05, 0.1) is 11.3 Å². The van der Waals surface area contributed by atoms with Crippen molar-refractivity contribution >= 4 is 5.69 Å². The highest BCUT2D eigenvalue weighted by Crippen LogP contribution is 2.29. The number of benzene rings is 1. The van der Waals surface area contributed by atoms with Gasteiger partial charge in [-0.15, -0.1) is 0 Å². The second-order valence-electron chi connectivity index (χ2n) is 5.42. The van der Waals surface area contributed by atoms with Gasteiger partial charge in [0, 0.05) is 25.7 Å². The average Bonchev–Trinajstić information content (AvgIpc) is 2.85. The Morgan fingerprint density at radius 3 is 2.89 bits per heavy atom. The molecule has 0 spiro atoms. The number of hydrogen-bond acceptors (Lipinski definition) is 4. The van der Waals surface area contributed by atoms with Crippen molar-refractivity contribution in [2.45, 2.75) is 25.4 Å². The maximum Gasteiger partial charge on any atom is 0.101 e. The summed E-state index contributed by atoms with van der Waals surface area (Å²) < 4.78 is 0. The Hall–Kier alpha value is -1.57. The summed E-state index contributed by atoms with van der Waals surface area (Å²) in [5.41, 5.74) is 8.46. The topological polar surface area (TPSA) is 56.3 Å². The number of nitrogens with two attached hydrogens (primary N) is 1. The zero-order valence-corrected chi connectivity index (χ0v) is 11.8. The van der Waals surface area contributed by atoms with Crippen LogP contribution in [0.25, 0.3) is 0 Å². The molecule has 1 unspecified atom stereocenters. The summed E-state index contributed by atoms with van der Waals surface area (Å²) in [4.78, 5) is 4.59. The highest BCUT2D eigenvalue weighted by atomic mass is 15.2. The van der Waals surface area contributed by atoms with Crippen LogP contribution in [0.1, 0.15) is 24.0 Å². The van der Waals surface area contributed by atoms with Crippen molar-refractivity contribution in [2.75, 3.05) is 32.1 Å². The fourth-order valence-corrected chi connectivity index (χ4v) is 2.81. The molecule has 0 bridgehead atoms. The predicted octanol–water partition coefficient (Wildman–Crippen LogP) is 1.55. The van der Waals surface area contributed by atoms with Gasteiger partial charge in [0.2, 0.25) is 0 Å². The third-order valence-electron chi connectivity index (χ3n) is 3.68. The molecule has 2 N–H and O–H groups in total. The molecule has 1 aromatic carbocycles. The summed E-state index contributed by atoms with van der Waals surface area (Å²) in [6.45, 7) is 2.55. The van der Waals surface area contributed by atoms with Crippen LogP contribution in [0.3, 0.4) is 0 Å². The Balaban J connectivity index is 2.28. The molecule has 1 aliphatic heterocycles. The molecule has 1 aromatic rings. The minimum absolute atomic E-state index is 0.482. The van der Waals surface area contributed by atoms with Crippen molar-refractivity contribution < 1.29 is 0 Å². The lowest BCUT2D eigenvalue weighted by Gasteiger charge is -2.29. The lowest BCUT2D eigenvalue weighted by molar-refractivity contribution is 0.372. The van der Waals surface area contributed by atoms with Crippen LogP contribution in [0.4, 0.5) is 5.69 Å². The van der Waals surface area contributed by atoms with Gasteiger partial charge in [-0.1, -0.05) is 6.07 Å². The number of nitrogens with zero attached hydrogens (tertiary/aromatic N) is 3. The van der Waals surface area contributed by atoms with E-state index in [9.17, 15) is 5.26 Å². The molecule has 0 aromatic heterocycles. The van der Waals surface area contributed by atoms with E-state index in [4.69, 9.17) is 5.73 Å². The normalized spacial score (nSPS) is 18.9. The van der Waals surface area contributed by atoms with E-state index < -0.39 is 0 Å². The molecular weight excluding hydrogens is 236 g/mol. The van der Waals surface area contributed by atoms with Crippen molar-refractivity contribution in [1.82, 2.24) is 4.90 Å². The Kier molecular flexibility index (Phi) is 4.41. The summed E-state index contributed by atoms with van der Waals surface area (Å²) in [6, 6.07) is 8.81. The lowest BCUT2D eigenvalue weighted by Crippen LogP contribution is -2.37. The highest BCUT2D eigenvalue weighted by Gasteiger charge is 2.26. The number of hydrogen-bond donors (Lipinski definition) is 1. The monoisotopic (exact) mass is 258 g/mol. The molecule has 1 heterocycles. The van der Waals surface area contributed by atoms with E-state index in [1.165, 1.54) is 12.8 Å². The number of anilines is 1. The molecule has 0 amide bonds. The summed E-state index contributed by atoms with van der Waals surface area (Å²) >= 11 is 0. The largest absolute Gasteiger partial charge is 0.366 e. The Morgan fingerprint density at radius 1 is 1.47 bits per heavy atom. The predicted molar refractivity (Wildman–Crippen MR) is 78.0 cm³/mol. The SMILES string of the molecule is CN(C)CC1CCCN1c1ccc(CN)cc1C#N. The van der Waals surface area contributed by atoms with Crippen LogP contribution in [0.15, 0.2) is 18.2 Å². The van der Waals surface area contributed by atoms with E-state index in [2.05, 4.69) is 36.0 Å². The first-order valence-electron chi connectivity index (χ1n) is 6.80. The van der Waals surface area contributed by atoms with E-state index in [0.29, 0.717) is 12.6 Å². The van der Waals surface area contributed by atoms with Crippen molar-refractivity contribution in [1.29, 1.82) is 5.26 Å². The molecule has 1 aliphatic rings. The van der Waals surface area contributed by atoms with Crippen LogP contribution >= 0.6 is 0 Å². The molecule has 4 heteroatoms. The highest BCUT2D eigenvalue weighted by molar-refractivity contribution is 5.61. The van der Waals surface area contributed by atoms with Gasteiger partial charge in [0.15, 0.2) is 0 Å². The lowest BCUT2D eigenvalue weighted by atomic mass is 10.1. The molecular formula is C15H22N4. The molecule has 102 valence electrons. The summed E-state index contributed by atoms with van der Waals surface area (Å²) in [5.74, 6) is 0.